The van der Waals surface area contributed by atoms with Crippen LogP contribution in [0.3, 0.4) is 0 Å². The minimum Gasteiger partial charge on any atom is -0.322 e. The highest BCUT2D eigenvalue weighted by atomic mass is 16.1. The van der Waals surface area contributed by atoms with Gasteiger partial charge < -0.3 is 5.73 Å². The molecule has 2 N–H and O–H groups in total. The second kappa shape index (κ2) is 5.81. The highest BCUT2D eigenvalue weighted by Crippen LogP contribution is 2.41. The van der Waals surface area contributed by atoms with Crippen molar-refractivity contribution in [2.45, 2.75) is 60.9 Å². The molecule has 0 radical (unpaired) electrons. The average molecular weight is 227 g/mol. The zero-order valence-corrected chi connectivity index (χ0v) is 12.0. The number of carbonyl (C=O) groups excluding carboxylic acids is 1. The molecule has 0 aliphatic carbocycles. The van der Waals surface area contributed by atoms with Crippen LogP contribution in [0.2, 0.25) is 0 Å². The molecule has 0 saturated carbocycles. The maximum Gasteiger partial charge on any atom is 0.152 e. The van der Waals surface area contributed by atoms with Crippen molar-refractivity contribution in [2.75, 3.05) is 0 Å². The first-order valence-corrected chi connectivity index (χ1v) is 6.42. The van der Waals surface area contributed by atoms with Crippen molar-refractivity contribution < 1.29 is 4.79 Å². The Morgan fingerprint density at radius 2 is 1.44 bits per heavy atom. The fourth-order valence-electron chi connectivity index (χ4n) is 2.35. The van der Waals surface area contributed by atoms with Gasteiger partial charge in [0.05, 0.1) is 6.04 Å². The molecule has 0 fully saturated rings. The number of hydrogen-bond donors (Lipinski definition) is 1. The normalized spacial score (nSPS) is 16.6. The summed E-state index contributed by atoms with van der Waals surface area (Å²) >= 11 is 0. The standard InChI is InChI=1S/C14H29NO/c1-9(2)14(7,10(3)4)8-11(5)13(16)12(6)15/h9-12H,8,15H2,1-7H3. The highest BCUT2D eigenvalue weighted by molar-refractivity contribution is 5.85. The highest BCUT2D eigenvalue weighted by Gasteiger charge is 2.35. The summed E-state index contributed by atoms with van der Waals surface area (Å²) < 4.78 is 0. The first-order chi connectivity index (χ1) is 7.12. The van der Waals surface area contributed by atoms with Crippen LogP contribution in [0, 0.1) is 23.2 Å². The van der Waals surface area contributed by atoms with E-state index in [1.54, 1.807) is 6.92 Å². The van der Waals surface area contributed by atoms with Gasteiger partial charge in [-0.2, -0.15) is 0 Å². The van der Waals surface area contributed by atoms with Gasteiger partial charge in [0.2, 0.25) is 0 Å². The largest absolute Gasteiger partial charge is 0.322 e. The second-order valence-corrected chi connectivity index (χ2v) is 6.11. The van der Waals surface area contributed by atoms with Crippen molar-refractivity contribution in [2.24, 2.45) is 28.9 Å². The van der Waals surface area contributed by atoms with Gasteiger partial charge in [-0.1, -0.05) is 41.5 Å². The summed E-state index contributed by atoms with van der Waals surface area (Å²) in [6, 6.07) is -0.335. The first kappa shape index (κ1) is 15.6. The molecule has 0 aliphatic rings. The van der Waals surface area contributed by atoms with Crippen LogP contribution in [0.25, 0.3) is 0 Å². The predicted octanol–water partition coefficient (Wildman–Crippen LogP) is 3.25. The first-order valence-electron chi connectivity index (χ1n) is 6.42. The molecule has 0 saturated heterocycles. The number of hydrogen-bond acceptors (Lipinski definition) is 2. The van der Waals surface area contributed by atoms with Gasteiger partial charge in [0, 0.05) is 5.92 Å². The summed E-state index contributed by atoms with van der Waals surface area (Å²) in [5.41, 5.74) is 5.87. The zero-order valence-electron chi connectivity index (χ0n) is 12.0. The summed E-state index contributed by atoms with van der Waals surface area (Å²) in [5, 5.41) is 0. The average Bonchev–Trinajstić information content (AvgIpc) is 2.15. The van der Waals surface area contributed by atoms with E-state index in [-0.39, 0.29) is 23.2 Å². The van der Waals surface area contributed by atoms with E-state index in [1.807, 2.05) is 6.92 Å². The lowest BCUT2D eigenvalue weighted by Gasteiger charge is -2.40. The predicted molar refractivity (Wildman–Crippen MR) is 70.2 cm³/mol. The van der Waals surface area contributed by atoms with E-state index >= 15 is 0 Å². The Morgan fingerprint density at radius 1 is 1.06 bits per heavy atom. The fraction of sp³-hybridized carbons (Fsp3) is 0.929. The number of ketones is 1. The molecule has 96 valence electrons. The fourth-order valence-corrected chi connectivity index (χ4v) is 2.35. The van der Waals surface area contributed by atoms with Crippen LogP contribution in [0.15, 0.2) is 0 Å². The van der Waals surface area contributed by atoms with E-state index in [4.69, 9.17) is 5.73 Å². The molecular weight excluding hydrogens is 198 g/mol. The van der Waals surface area contributed by atoms with E-state index in [1.165, 1.54) is 0 Å². The summed E-state index contributed by atoms with van der Waals surface area (Å²) in [7, 11) is 0. The SMILES string of the molecule is CC(N)C(=O)C(C)CC(C)(C(C)C)C(C)C. The van der Waals surface area contributed by atoms with E-state index < -0.39 is 0 Å². The molecule has 16 heavy (non-hydrogen) atoms. The van der Waals surface area contributed by atoms with Crippen LogP contribution in [0.1, 0.15) is 54.9 Å². The van der Waals surface area contributed by atoms with Crippen molar-refractivity contribution in [1.29, 1.82) is 0 Å². The topological polar surface area (TPSA) is 43.1 Å². The molecule has 0 spiro atoms. The quantitative estimate of drug-likeness (QED) is 0.757. The third-order valence-corrected chi connectivity index (χ3v) is 4.32. The van der Waals surface area contributed by atoms with E-state index in [0.717, 1.165) is 6.42 Å². The molecule has 2 atom stereocenters. The molecule has 0 bridgehead atoms. The molecule has 0 aromatic heterocycles. The third kappa shape index (κ3) is 3.58. The molecule has 2 heteroatoms. The van der Waals surface area contributed by atoms with Crippen LogP contribution in [0.4, 0.5) is 0 Å². The Morgan fingerprint density at radius 3 is 1.69 bits per heavy atom. The van der Waals surface area contributed by atoms with Crippen molar-refractivity contribution in [3.8, 4) is 0 Å². The maximum atomic E-state index is 11.8. The van der Waals surface area contributed by atoms with Crippen LogP contribution in [0.5, 0.6) is 0 Å². The minimum atomic E-state index is -0.335. The zero-order chi connectivity index (χ0) is 13.1. The Bertz CT molecular complexity index is 223. The van der Waals surface area contributed by atoms with Gasteiger partial charge in [-0.05, 0) is 30.6 Å². The molecule has 0 rings (SSSR count). The van der Waals surface area contributed by atoms with Crippen LogP contribution in [-0.2, 0) is 4.79 Å². The number of carbonyl (C=O) groups is 1. The van der Waals surface area contributed by atoms with Gasteiger partial charge in [0.1, 0.15) is 0 Å². The van der Waals surface area contributed by atoms with Crippen molar-refractivity contribution in [3.05, 3.63) is 0 Å². The molecule has 2 nitrogen and oxygen atoms in total. The molecule has 0 aromatic carbocycles. The summed E-state index contributed by atoms with van der Waals surface area (Å²) in [6.45, 7) is 15.0. The Balaban J connectivity index is 4.72. The van der Waals surface area contributed by atoms with Crippen LogP contribution >= 0.6 is 0 Å². The van der Waals surface area contributed by atoms with Crippen LogP contribution < -0.4 is 5.73 Å². The van der Waals surface area contributed by atoms with Crippen molar-refractivity contribution in [3.63, 3.8) is 0 Å². The summed E-state index contributed by atoms with van der Waals surface area (Å²) in [4.78, 5) is 11.8. The minimum absolute atomic E-state index is 0.0646. The summed E-state index contributed by atoms with van der Waals surface area (Å²) in [6.07, 6.45) is 0.933. The molecule has 0 amide bonds. The monoisotopic (exact) mass is 227 g/mol. The van der Waals surface area contributed by atoms with Gasteiger partial charge >= 0.3 is 0 Å². The lowest BCUT2D eigenvalue weighted by atomic mass is 9.65. The molecule has 0 heterocycles. The molecule has 2 unspecified atom stereocenters. The number of Topliss-reactive ketones (excluding diaryl/α,β-unsaturated/α-hetero) is 1. The smallest absolute Gasteiger partial charge is 0.152 e. The van der Waals surface area contributed by atoms with Gasteiger partial charge in [-0.3, -0.25) is 4.79 Å². The lowest BCUT2D eigenvalue weighted by molar-refractivity contribution is -0.124. The van der Waals surface area contributed by atoms with E-state index in [0.29, 0.717) is 11.8 Å². The molecule has 0 aromatic rings. The van der Waals surface area contributed by atoms with Crippen LogP contribution in [-0.4, -0.2) is 11.8 Å². The Kier molecular flexibility index (Phi) is 5.67. The number of rotatable bonds is 6. The van der Waals surface area contributed by atoms with Crippen molar-refractivity contribution >= 4 is 5.78 Å². The Hall–Kier alpha value is -0.370. The lowest BCUT2D eigenvalue weighted by Crippen LogP contribution is -2.38. The van der Waals surface area contributed by atoms with Crippen molar-refractivity contribution in [1.82, 2.24) is 0 Å². The summed E-state index contributed by atoms with van der Waals surface area (Å²) in [5.74, 6) is 1.41. The molecular formula is C14H29NO. The molecule has 0 aliphatic heterocycles. The van der Waals surface area contributed by atoms with Gasteiger partial charge in [-0.25, -0.2) is 0 Å². The van der Waals surface area contributed by atoms with Gasteiger partial charge in [0.25, 0.3) is 0 Å². The van der Waals surface area contributed by atoms with Gasteiger partial charge in [0.15, 0.2) is 5.78 Å². The maximum absolute atomic E-state index is 11.8. The second-order valence-electron chi connectivity index (χ2n) is 6.11. The van der Waals surface area contributed by atoms with E-state index in [9.17, 15) is 4.79 Å². The van der Waals surface area contributed by atoms with E-state index in [2.05, 4.69) is 34.6 Å². The van der Waals surface area contributed by atoms with Gasteiger partial charge in [-0.15, -0.1) is 0 Å². The third-order valence-electron chi connectivity index (χ3n) is 4.32. The Labute approximate surface area is 101 Å². The number of nitrogens with two attached hydrogens (primary N) is 1.